The molecular weight excluding hydrogens is 605 g/mol. The Morgan fingerprint density at radius 3 is 1.71 bits per heavy atom. The van der Waals surface area contributed by atoms with Gasteiger partial charge in [0.2, 0.25) is 0 Å². The maximum absolute atomic E-state index is 14.5. The van der Waals surface area contributed by atoms with Crippen LogP contribution in [0, 0.1) is 6.92 Å². The lowest BCUT2D eigenvalue weighted by Crippen LogP contribution is -2.08. The lowest BCUT2D eigenvalue weighted by atomic mass is 9.96. The van der Waals surface area contributed by atoms with E-state index in [0.717, 1.165) is 44.6 Å². The second-order valence-corrected chi connectivity index (χ2v) is 11.7. The summed E-state index contributed by atoms with van der Waals surface area (Å²) in [5.74, 6) is 1.41. The zero-order valence-corrected chi connectivity index (χ0v) is 25.8. The Morgan fingerprint density at radius 2 is 1.04 bits per heavy atom. The van der Waals surface area contributed by atoms with Crippen LogP contribution in [0.25, 0.3) is 72.8 Å². The van der Waals surface area contributed by atoms with E-state index in [1.807, 2.05) is 97.9 Å². The van der Waals surface area contributed by atoms with Crippen molar-refractivity contribution >= 4 is 21.8 Å². The zero-order valence-electron chi connectivity index (χ0n) is 25.8. The Hall–Kier alpha value is -6.08. The van der Waals surface area contributed by atoms with Gasteiger partial charge in [-0.25, -0.2) is 15.0 Å². The molecule has 0 bridgehead atoms. The molecule has 4 nitrogen and oxygen atoms in total. The number of para-hydroxylation sites is 1. The van der Waals surface area contributed by atoms with E-state index in [-0.39, 0.29) is 5.56 Å². The first kappa shape index (κ1) is 29.3. The quantitative estimate of drug-likeness (QED) is 0.190. The van der Waals surface area contributed by atoms with E-state index in [0.29, 0.717) is 34.3 Å². The molecule has 2 aromatic heterocycles. The van der Waals surface area contributed by atoms with Crippen LogP contribution in [0.1, 0.15) is 11.1 Å². The number of rotatable bonds is 5. The van der Waals surface area contributed by atoms with E-state index in [4.69, 9.17) is 15.0 Å². The van der Waals surface area contributed by atoms with Crippen molar-refractivity contribution in [2.24, 2.45) is 0 Å². The predicted molar refractivity (Wildman–Crippen MR) is 186 cm³/mol. The first-order chi connectivity index (χ1) is 23.3. The van der Waals surface area contributed by atoms with Gasteiger partial charge in [0.15, 0.2) is 17.5 Å². The number of halogens is 3. The molecular formula is C41H27F3N4. The van der Waals surface area contributed by atoms with Crippen molar-refractivity contribution in [1.82, 2.24) is 19.5 Å². The van der Waals surface area contributed by atoms with Crippen LogP contribution >= 0.6 is 0 Å². The van der Waals surface area contributed by atoms with Crippen molar-refractivity contribution in [3.8, 4) is 51.0 Å². The topological polar surface area (TPSA) is 43.6 Å². The molecule has 0 aliphatic rings. The molecule has 0 saturated heterocycles. The molecule has 0 amide bonds. The number of nitrogens with zero attached hydrogens (tertiary/aromatic N) is 4. The Kier molecular flexibility index (Phi) is 7.10. The molecule has 8 aromatic rings. The maximum atomic E-state index is 14.5. The minimum Gasteiger partial charge on any atom is -0.309 e. The van der Waals surface area contributed by atoms with Gasteiger partial charge in [-0.3, -0.25) is 0 Å². The van der Waals surface area contributed by atoms with Gasteiger partial charge in [0.05, 0.1) is 22.3 Å². The molecule has 0 unspecified atom stereocenters. The average molecular weight is 633 g/mol. The van der Waals surface area contributed by atoms with Gasteiger partial charge < -0.3 is 4.57 Å². The number of hydrogen-bond acceptors (Lipinski definition) is 3. The summed E-state index contributed by atoms with van der Waals surface area (Å²) in [7, 11) is 0. The van der Waals surface area contributed by atoms with E-state index in [1.165, 1.54) is 12.1 Å². The van der Waals surface area contributed by atoms with Gasteiger partial charge in [0, 0.05) is 33.0 Å². The molecule has 0 spiro atoms. The molecule has 0 aliphatic heterocycles. The van der Waals surface area contributed by atoms with E-state index in [9.17, 15) is 13.2 Å². The first-order valence-corrected chi connectivity index (χ1v) is 15.5. The average Bonchev–Trinajstić information content (AvgIpc) is 3.44. The number of aromatic nitrogens is 4. The second-order valence-electron chi connectivity index (χ2n) is 11.7. The first-order valence-electron chi connectivity index (χ1n) is 15.5. The Morgan fingerprint density at radius 1 is 0.479 bits per heavy atom. The van der Waals surface area contributed by atoms with Crippen molar-refractivity contribution in [2.45, 2.75) is 13.1 Å². The van der Waals surface area contributed by atoms with Gasteiger partial charge in [-0.2, -0.15) is 13.2 Å². The van der Waals surface area contributed by atoms with Crippen LogP contribution in [-0.2, 0) is 6.18 Å². The summed E-state index contributed by atoms with van der Waals surface area (Å²) in [4.78, 5) is 14.6. The predicted octanol–water partition coefficient (Wildman–Crippen LogP) is 11.0. The standard InChI is InChI=1S/C41H27F3N4/c1-26-20-22-33-31-17-9-11-19-35(31)48(36(33)24-26)37-25-29(21-23-32(37)30-16-8-10-18-34(30)41(42,43)44)40-46-38(27-12-4-2-5-13-27)45-39(47-40)28-14-6-3-7-15-28/h2-25H,1H3. The normalized spacial score (nSPS) is 11.8. The third kappa shape index (κ3) is 5.19. The van der Waals surface area contributed by atoms with Crippen molar-refractivity contribution in [1.29, 1.82) is 0 Å². The third-order valence-electron chi connectivity index (χ3n) is 8.55. The largest absolute Gasteiger partial charge is 0.417 e. The van der Waals surface area contributed by atoms with Crippen molar-refractivity contribution in [2.75, 3.05) is 0 Å². The summed E-state index contributed by atoms with van der Waals surface area (Å²) in [6, 6.07) is 44.7. The highest BCUT2D eigenvalue weighted by Gasteiger charge is 2.34. The molecule has 48 heavy (non-hydrogen) atoms. The molecule has 6 aromatic carbocycles. The lowest BCUT2D eigenvalue weighted by molar-refractivity contribution is -0.137. The summed E-state index contributed by atoms with van der Waals surface area (Å²) < 4.78 is 45.5. The van der Waals surface area contributed by atoms with Gasteiger partial charge in [-0.15, -0.1) is 0 Å². The number of fused-ring (bicyclic) bond motifs is 3. The summed E-state index contributed by atoms with van der Waals surface area (Å²) in [6.45, 7) is 2.01. The molecule has 0 fully saturated rings. The van der Waals surface area contributed by atoms with Crippen LogP contribution in [0.4, 0.5) is 13.2 Å². The number of alkyl halides is 3. The molecule has 8 rings (SSSR count). The summed E-state index contributed by atoms with van der Waals surface area (Å²) >= 11 is 0. The van der Waals surface area contributed by atoms with Gasteiger partial charge in [0.25, 0.3) is 0 Å². The number of aryl methyl sites for hydroxylation is 1. The minimum atomic E-state index is -4.55. The van der Waals surface area contributed by atoms with Gasteiger partial charge in [-0.05, 0) is 42.3 Å². The van der Waals surface area contributed by atoms with E-state index >= 15 is 0 Å². The van der Waals surface area contributed by atoms with E-state index in [1.54, 1.807) is 18.2 Å². The highest BCUT2D eigenvalue weighted by molar-refractivity contribution is 6.10. The monoisotopic (exact) mass is 632 g/mol. The van der Waals surface area contributed by atoms with Crippen LogP contribution in [-0.4, -0.2) is 19.5 Å². The fourth-order valence-electron chi connectivity index (χ4n) is 6.33. The molecule has 232 valence electrons. The van der Waals surface area contributed by atoms with Crippen LogP contribution in [0.3, 0.4) is 0 Å². The second kappa shape index (κ2) is 11.6. The SMILES string of the molecule is Cc1ccc2c3ccccc3n(-c3cc(-c4nc(-c5ccccc5)nc(-c5ccccc5)n4)ccc3-c3ccccc3C(F)(F)F)c2c1. The third-order valence-corrected chi connectivity index (χ3v) is 8.55. The summed E-state index contributed by atoms with van der Waals surface area (Å²) in [5, 5.41) is 2.01. The van der Waals surface area contributed by atoms with Gasteiger partial charge >= 0.3 is 6.18 Å². The van der Waals surface area contributed by atoms with Crippen LogP contribution in [0.2, 0.25) is 0 Å². The summed E-state index contributed by atoms with van der Waals surface area (Å²) in [5.41, 5.74) is 5.53. The molecule has 0 N–H and O–H groups in total. The Labute approximate surface area is 274 Å². The minimum absolute atomic E-state index is 0.0933. The zero-order chi connectivity index (χ0) is 32.8. The number of benzene rings is 6. The molecule has 0 radical (unpaired) electrons. The van der Waals surface area contributed by atoms with Crippen molar-refractivity contribution in [3.63, 3.8) is 0 Å². The Balaban J connectivity index is 1.45. The molecule has 2 heterocycles. The smallest absolute Gasteiger partial charge is 0.309 e. The number of hydrogen-bond donors (Lipinski definition) is 0. The fraction of sp³-hybridized carbons (Fsp3) is 0.0488. The molecule has 0 saturated carbocycles. The van der Waals surface area contributed by atoms with E-state index in [2.05, 4.69) is 22.8 Å². The highest BCUT2D eigenvalue weighted by atomic mass is 19.4. The van der Waals surface area contributed by atoms with Crippen LogP contribution in [0.5, 0.6) is 0 Å². The van der Waals surface area contributed by atoms with E-state index < -0.39 is 11.7 Å². The van der Waals surface area contributed by atoms with Crippen LogP contribution < -0.4 is 0 Å². The molecule has 0 aliphatic carbocycles. The Bertz CT molecular complexity index is 2390. The maximum Gasteiger partial charge on any atom is 0.417 e. The fourth-order valence-corrected chi connectivity index (χ4v) is 6.33. The summed E-state index contributed by atoms with van der Waals surface area (Å²) in [6.07, 6.45) is -4.55. The van der Waals surface area contributed by atoms with Gasteiger partial charge in [-0.1, -0.05) is 121 Å². The van der Waals surface area contributed by atoms with Crippen LogP contribution in [0.15, 0.2) is 146 Å². The highest BCUT2D eigenvalue weighted by Crippen LogP contribution is 2.42. The lowest BCUT2D eigenvalue weighted by Gasteiger charge is -2.19. The molecule has 0 atom stereocenters. The van der Waals surface area contributed by atoms with Gasteiger partial charge in [0.1, 0.15) is 0 Å². The molecule has 7 heteroatoms. The van der Waals surface area contributed by atoms with Crippen molar-refractivity contribution < 1.29 is 13.2 Å². The van der Waals surface area contributed by atoms with Crippen molar-refractivity contribution in [3.05, 3.63) is 157 Å².